The molecule has 0 bridgehead atoms. The van der Waals surface area contributed by atoms with Crippen molar-refractivity contribution in [3.05, 3.63) is 118 Å². The summed E-state index contributed by atoms with van der Waals surface area (Å²) in [6.07, 6.45) is 3.94. The Hall–Kier alpha value is -2.77. The highest BCUT2D eigenvalue weighted by Gasteiger charge is 2.42. The van der Waals surface area contributed by atoms with Crippen molar-refractivity contribution in [2.24, 2.45) is 0 Å². The molecule has 0 unspecified atom stereocenters. The zero-order valence-corrected chi connectivity index (χ0v) is 31.9. The molecule has 0 spiro atoms. The third-order valence-corrected chi connectivity index (χ3v) is 21.8. The van der Waals surface area contributed by atoms with E-state index in [4.69, 9.17) is 8.85 Å². The van der Waals surface area contributed by atoms with Crippen LogP contribution in [0.3, 0.4) is 0 Å². The molecule has 248 valence electrons. The van der Waals surface area contributed by atoms with E-state index >= 15 is 0 Å². The van der Waals surface area contributed by atoms with Crippen molar-refractivity contribution in [3.63, 3.8) is 0 Å². The van der Waals surface area contributed by atoms with Crippen molar-refractivity contribution >= 4 is 16.6 Å². The molecule has 0 fully saturated rings. The van der Waals surface area contributed by atoms with E-state index in [1.165, 1.54) is 91.9 Å². The van der Waals surface area contributed by atoms with Gasteiger partial charge in [-0.3, -0.25) is 0 Å². The number of rotatable bonds is 16. The normalized spacial score (nSPS) is 13.7. The quantitative estimate of drug-likeness (QED) is 0.0962. The first kappa shape index (κ1) is 34.1. The Morgan fingerprint density at radius 1 is 0.468 bits per heavy atom. The van der Waals surface area contributed by atoms with Gasteiger partial charge in [0.25, 0.3) is 0 Å². The third kappa shape index (κ3) is 6.16. The van der Waals surface area contributed by atoms with Crippen LogP contribution in [0.4, 0.5) is 0 Å². The average molecular weight is 661 g/mol. The maximum atomic E-state index is 7.16. The molecular weight excluding hydrogens is 605 g/mol. The fourth-order valence-corrected chi connectivity index (χ4v) is 14.3. The van der Waals surface area contributed by atoms with Gasteiger partial charge in [-0.05, 0) is 118 Å². The highest BCUT2D eigenvalue weighted by Crippen LogP contribution is 2.51. The molecule has 4 aromatic carbocycles. The topological polar surface area (TPSA) is 18.5 Å². The summed E-state index contributed by atoms with van der Waals surface area (Å²) >= 11 is 0. The summed E-state index contributed by atoms with van der Waals surface area (Å²) in [6.45, 7) is 15.7. The number of benzene rings is 4. The number of fused-ring (bicyclic) bond motifs is 6. The molecule has 0 aromatic heterocycles. The summed E-state index contributed by atoms with van der Waals surface area (Å²) in [4.78, 5) is 0. The van der Waals surface area contributed by atoms with Crippen LogP contribution in [0.25, 0.3) is 22.3 Å². The predicted molar refractivity (Wildman–Crippen MR) is 206 cm³/mol. The van der Waals surface area contributed by atoms with Crippen LogP contribution in [0.5, 0.6) is 0 Å². The monoisotopic (exact) mass is 660 g/mol. The second-order valence-electron chi connectivity index (χ2n) is 14.1. The van der Waals surface area contributed by atoms with E-state index in [1.807, 2.05) is 0 Å². The van der Waals surface area contributed by atoms with Gasteiger partial charge in [-0.1, -0.05) is 126 Å². The summed E-state index contributed by atoms with van der Waals surface area (Å²) in [5.41, 5.74) is 14.3. The molecule has 47 heavy (non-hydrogen) atoms. The second kappa shape index (κ2) is 14.4. The molecule has 0 saturated heterocycles. The molecule has 0 saturated carbocycles. The molecule has 4 heteroatoms. The largest absolute Gasteiger partial charge is 0.417 e. The van der Waals surface area contributed by atoms with Crippen molar-refractivity contribution in [2.75, 3.05) is 13.2 Å². The molecule has 0 atom stereocenters. The molecule has 0 heterocycles. The van der Waals surface area contributed by atoms with Crippen LogP contribution in [-0.2, 0) is 27.1 Å². The molecular formula is C43H56O2Si2. The van der Waals surface area contributed by atoms with Gasteiger partial charge in [0, 0.05) is 18.6 Å². The average Bonchev–Trinajstić information content (AvgIpc) is 3.70. The molecule has 0 radical (unpaired) electrons. The maximum Gasteiger partial charge on any atom is 0.191 e. The summed E-state index contributed by atoms with van der Waals surface area (Å²) in [6, 6.07) is 39.5. The van der Waals surface area contributed by atoms with E-state index in [-0.39, 0.29) is 5.41 Å². The SMILES string of the molecule is CC[Si](CC)(CC)OCCC(CCO[Si](CC)(CC)CC)(c1cccc2c1Cc1ccccc1-2)c1cccc2c1Cc1ccccc1-2. The van der Waals surface area contributed by atoms with Crippen molar-refractivity contribution in [1.82, 2.24) is 0 Å². The van der Waals surface area contributed by atoms with Crippen molar-refractivity contribution < 1.29 is 8.85 Å². The lowest BCUT2D eigenvalue weighted by molar-refractivity contribution is 0.217. The lowest BCUT2D eigenvalue weighted by Gasteiger charge is -2.41. The first-order chi connectivity index (χ1) is 22.9. The molecule has 0 amide bonds. The van der Waals surface area contributed by atoms with Gasteiger partial charge in [0.05, 0.1) is 0 Å². The summed E-state index contributed by atoms with van der Waals surface area (Å²) < 4.78 is 14.3. The lowest BCUT2D eigenvalue weighted by atomic mass is 9.66. The van der Waals surface area contributed by atoms with Gasteiger partial charge < -0.3 is 8.85 Å². The van der Waals surface area contributed by atoms with E-state index < -0.39 is 16.6 Å². The standard InChI is InChI=1S/C43H56O2Si2/c1-7-46(8-2,9-3)44-29-27-43(28-30-45-47(10-4,11-5)12-6,41-25-17-23-37-35-21-15-13-19-33(35)31-39(37)41)42-26-18-24-38-36-22-16-14-20-34(36)32-40(38)42/h13-26H,7-12,27-32H2,1-6H3. The molecule has 2 nitrogen and oxygen atoms in total. The highest BCUT2D eigenvalue weighted by atomic mass is 28.4. The Balaban J connectivity index is 1.53. The fourth-order valence-electron chi connectivity index (χ4n) is 9.02. The van der Waals surface area contributed by atoms with Gasteiger partial charge in [0.15, 0.2) is 16.6 Å². The van der Waals surface area contributed by atoms with Crippen LogP contribution >= 0.6 is 0 Å². The van der Waals surface area contributed by atoms with Gasteiger partial charge in [-0.15, -0.1) is 0 Å². The minimum absolute atomic E-state index is 0.217. The van der Waals surface area contributed by atoms with Crippen LogP contribution in [-0.4, -0.2) is 29.8 Å². The van der Waals surface area contributed by atoms with Gasteiger partial charge >= 0.3 is 0 Å². The summed E-state index contributed by atoms with van der Waals surface area (Å²) in [5, 5.41) is 0. The summed E-state index contributed by atoms with van der Waals surface area (Å²) in [7, 11) is -3.53. The number of hydrogen-bond donors (Lipinski definition) is 0. The van der Waals surface area contributed by atoms with Crippen LogP contribution in [0, 0.1) is 0 Å². The molecule has 6 rings (SSSR count). The predicted octanol–water partition coefficient (Wildman–Crippen LogP) is 11.9. The molecule has 4 aromatic rings. The van der Waals surface area contributed by atoms with E-state index in [0.29, 0.717) is 0 Å². The second-order valence-corrected chi connectivity index (χ2v) is 23.6. The Morgan fingerprint density at radius 2 is 0.830 bits per heavy atom. The lowest BCUT2D eigenvalue weighted by Crippen LogP contribution is -2.41. The smallest absolute Gasteiger partial charge is 0.191 e. The van der Waals surface area contributed by atoms with Gasteiger partial charge in [0.1, 0.15) is 0 Å². The van der Waals surface area contributed by atoms with E-state index in [1.54, 1.807) is 0 Å². The first-order valence-corrected chi connectivity index (χ1v) is 23.7. The Morgan fingerprint density at radius 3 is 1.21 bits per heavy atom. The first-order valence-electron chi connectivity index (χ1n) is 18.6. The van der Waals surface area contributed by atoms with Crippen LogP contribution in [0.15, 0.2) is 84.9 Å². The number of hydrogen-bond acceptors (Lipinski definition) is 2. The Kier molecular flexibility index (Phi) is 10.4. The van der Waals surface area contributed by atoms with Crippen LogP contribution in [0.2, 0.25) is 36.3 Å². The van der Waals surface area contributed by atoms with E-state index in [2.05, 4.69) is 126 Å². The van der Waals surface area contributed by atoms with Crippen molar-refractivity contribution in [1.29, 1.82) is 0 Å². The van der Waals surface area contributed by atoms with Gasteiger partial charge in [-0.2, -0.15) is 0 Å². The maximum absolute atomic E-state index is 7.16. The molecule has 0 N–H and O–H groups in total. The van der Waals surface area contributed by atoms with E-state index in [0.717, 1.165) is 38.9 Å². The zero-order valence-electron chi connectivity index (χ0n) is 29.9. The molecule has 2 aliphatic rings. The van der Waals surface area contributed by atoms with Crippen LogP contribution in [0.1, 0.15) is 87.8 Å². The Bertz CT molecular complexity index is 1540. The molecule has 0 aliphatic heterocycles. The molecule has 2 aliphatic carbocycles. The summed E-state index contributed by atoms with van der Waals surface area (Å²) in [5.74, 6) is 0. The van der Waals surface area contributed by atoms with Crippen molar-refractivity contribution in [2.45, 2.75) is 109 Å². The Labute approximate surface area is 287 Å². The van der Waals surface area contributed by atoms with E-state index in [9.17, 15) is 0 Å². The minimum atomic E-state index is -1.77. The minimum Gasteiger partial charge on any atom is -0.417 e. The third-order valence-electron chi connectivity index (χ3n) is 12.5. The van der Waals surface area contributed by atoms with Gasteiger partial charge in [0.2, 0.25) is 0 Å². The fraction of sp³-hybridized carbons (Fsp3) is 0.442. The van der Waals surface area contributed by atoms with Crippen molar-refractivity contribution in [3.8, 4) is 22.3 Å². The zero-order chi connectivity index (χ0) is 33.1. The highest BCUT2D eigenvalue weighted by molar-refractivity contribution is 6.74. The van der Waals surface area contributed by atoms with Gasteiger partial charge in [-0.25, -0.2) is 0 Å². The van der Waals surface area contributed by atoms with Crippen LogP contribution < -0.4 is 0 Å².